The predicted molar refractivity (Wildman–Crippen MR) is 160 cm³/mol. The number of rotatable bonds is 6. The minimum absolute atomic E-state index is 0.277. The van der Waals surface area contributed by atoms with Crippen LogP contribution in [0.1, 0.15) is 0 Å². The molecule has 0 aliphatic carbocycles. The maximum atomic E-state index is 13.0. The van der Waals surface area contributed by atoms with Crippen LogP contribution >= 0.6 is 34.4 Å². The number of hydrogen-bond donors (Lipinski definition) is 0. The fourth-order valence-electron chi connectivity index (χ4n) is 4.73. The van der Waals surface area contributed by atoms with Crippen LogP contribution in [0.4, 0.5) is 37.7 Å². The summed E-state index contributed by atoms with van der Waals surface area (Å²) in [6, 6.07) is 18.7. The summed E-state index contributed by atoms with van der Waals surface area (Å²) in [5.41, 5.74) is 3.91. The van der Waals surface area contributed by atoms with E-state index in [1.165, 1.54) is 46.9 Å². The van der Waals surface area contributed by atoms with E-state index in [4.69, 9.17) is 0 Å². The Labute approximate surface area is 259 Å². The van der Waals surface area contributed by atoms with Crippen LogP contribution < -0.4 is 9.47 Å². The minimum Gasteiger partial charge on any atom is -0.405 e. The fraction of sp³-hybridized carbons (Fsp3) is 0.0714. The van der Waals surface area contributed by atoms with Gasteiger partial charge in [-0.3, -0.25) is 0 Å². The standard InChI is InChI=1S/C28H12F6N4O2S4/c29-27(30,31)39-15-7-3-1-5-13(15)17-9-11-19(41-17)21-23-25(37-43-35-23)22(26-24(21)36-44-38-26)20-12-10-18(42-20)14-6-2-4-8-16(14)40-28(32,33)34/h1-12H. The monoisotopic (exact) mass is 678 g/mol. The molecule has 0 saturated heterocycles. The molecule has 7 rings (SSSR count). The Balaban J connectivity index is 1.33. The number of ether oxygens (including phenoxy) is 2. The lowest BCUT2D eigenvalue weighted by Gasteiger charge is -2.12. The number of thiophene rings is 2. The van der Waals surface area contributed by atoms with Gasteiger partial charge in [-0.15, -0.1) is 49.0 Å². The number of para-hydroxylation sites is 2. The molecule has 0 radical (unpaired) electrons. The average Bonchev–Trinajstić information content (AvgIpc) is 3.78. The Morgan fingerprint density at radius 2 is 0.932 bits per heavy atom. The summed E-state index contributed by atoms with van der Waals surface area (Å²) in [6.45, 7) is 0. The lowest BCUT2D eigenvalue weighted by molar-refractivity contribution is -0.275. The SMILES string of the molecule is FC(F)(F)Oc1ccccc1-c1ccc(-c2c3c(c(-c4ccc(-c5ccccc5OC(F)(F)F)s4)c4nsnc24)N=S=N3)s1. The largest absolute Gasteiger partial charge is 0.573 e. The van der Waals surface area contributed by atoms with Crippen molar-refractivity contribution in [3.8, 4) is 53.3 Å². The number of nitrogens with zero attached hydrogens (tertiary/aromatic N) is 4. The van der Waals surface area contributed by atoms with Crippen molar-refractivity contribution in [3.05, 3.63) is 72.8 Å². The minimum atomic E-state index is -4.85. The first-order valence-electron chi connectivity index (χ1n) is 12.4. The first-order valence-corrected chi connectivity index (χ1v) is 15.5. The molecule has 0 fully saturated rings. The summed E-state index contributed by atoms with van der Waals surface area (Å²) in [6.07, 6.45) is -9.70. The summed E-state index contributed by atoms with van der Waals surface area (Å²) in [4.78, 5) is 2.46. The summed E-state index contributed by atoms with van der Waals surface area (Å²) in [5.74, 6) is -0.638. The lowest BCUT2D eigenvalue weighted by Crippen LogP contribution is -2.17. The van der Waals surface area contributed by atoms with Crippen LogP contribution in [0, 0.1) is 0 Å². The highest BCUT2D eigenvalue weighted by Gasteiger charge is 2.34. The van der Waals surface area contributed by atoms with Crippen LogP contribution in [-0.4, -0.2) is 21.5 Å². The lowest BCUT2D eigenvalue weighted by atomic mass is 10.0. The molecule has 1 aliphatic rings. The molecule has 3 aromatic heterocycles. The highest BCUT2D eigenvalue weighted by atomic mass is 32.1. The summed E-state index contributed by atoms with van der Waals surface area (Å²) in [7, 11) is 0. The van der Waals surface area contributed by atoms with Crippen molar-refractivity contribution in [3.63, 3.8) is 0 Å². The molecule has 0 N–H and O–H groups in total. The van der Waals surface area contributed by atoms with E-state index in [0.29, 0.717) is 53.0 Å². The summed E-state index contributed by atoms with van der Waals surface area (Å²) >= 11 is 4.45. The Morgan fingerprint density at radius 3 is 1.36 bits per heavy atom. The number of benzene rings is 3. The first-order chi connectivity index (χ1) is 21.1. The zero-order chi connectivity index (χ0) is 30.6. The van der Waals surface area contributed by atoms with Gasteiger partial charge >= 0.3 is 12.7 Å². The molecule has 4 heterocycles. The van der Waals surface area contributed by atoms with E-state index in [2.05, 4.69) is 26.9 Å². The Bertz CT molecular complexity index is 1980. The Hall–Kier alpha value is -4.12. The maximum Gasteiger partial charge on any atom is 0.573 e. The number of halogens is 6. The zero-order valence-electron chi connectivity index (χ0n) is 21.4. The van der Waals surface area contributed by atoms with Crippen molar-refractivity contribution in [2.45, 2.75) is 12.7 Å². The van der Waals surface area contributed by atoms with Gasteiger partial charge in [-0.25, -0.2) is 0 Å². The molecule has 6 nitrogen and oxygen atoms in total. The zero-order valence-corrected chi connectivity index (χ0v) is 24.7. The molecular weight excluding hydrogens is 667 g/mol. The Morgan fingerprint density at radius 1 is 0.523 bits per heavy atom. The van der Waals surface area contributed by atoms with Crippen LogP contribution in [0.5, 0.6) is 11.5 Å². The van der Waals surface area contributed by atoms with Crippen LogP contribution in [-0.2, 0) is 11.4 Å². The molecule has 0 unspecified atom stereocenters. The van der Waals surface area contributed by atoms with Crippen molar-refractivity contribution in [1.82, 2.24) is 8.75 Å². The molecule has 222 valence electrons. The van der Waals surface area contributed by atoms with Crippen LogP contribution in [0.25, 0.3) is 52.8 Å². The summed E-state index contributed by atoms with van der Waals surface area (Å²) in [5, 5.41) is 0. The van der Waals surface area contributed by atoms with E-state index >= 15 is 0 Å². The number of hydrogen-bond acceptors (Lipinski definition) is 9. The van der Waals surface area contributed by atoms with E-state index < -0.39 is 12.7 Å². The van der Waals surface area contributed by atoms with E-state index in [-0.39, 0.29) is 22.6 Å². The molecule has 44 heavy (non-hydrogen) atoms. The second-order valence-electron chi connectivity index (χ2n) is 9.09. The van der Waals surface area contributed by atoms with Crippen molar-refractivity contribution in [2.24, 2.45) is 8.73 Å². The summed E-state index contributed by atoms with van der Waals surface area (Å²) < 4.78 is 105. The van der Waals surface area contributed by atoms with Gasteiger partial charge in [0.2, 0.25) is 0 Å². The predicted octanol–water partition coefficient (Wildman–Crippen LogP) is 11.0. The molecule has 0 bridgehead atoms. The van der Waals surface area contributed by atoms with Gasteiger partial charge in [0.25, 0.3) is 0 Å². The fourth-order valence-corrected chi connectivity index (χ4v) is 8.01. The number of aromatic nitrogens is 2. The number of alkyl halides is 6. The molecule has 0 spiro atoms. The average molecular weight is 679 g/mol. The van der Waals surface area contributed by atoms with Crippen molar-refractivity contribution < 1.29 is 35.8 Å². The van der Waals surface area contributed by atoms with Gasteiger partial charge in [0.1, 0.15) is 33.9 Å². The van der Waals surface area contributed by atoms with E-state index in [1.807, 2.05) is 0 Å². The van der Waals surface area contributed by atoms with Gasteiger partial charge in [0.05, 0.1) is 23.1 Å². The van der Waals surface area contributed by atoms with E-state index in [0.717, 1.165) is 23.1 Å². The first kappa shape index (κ1) is 28.6. The maximum absolute atomic E-state index is 13.0. The molecular formula is C28H12F6N4O2S4. The van der Waals surface area contributed by atoms with Crippen LogP contribution in [0.2, 0.25) is 0 Å². The topological polar surface area (TPSA) is 69.0 Å². The van der Waals surface area contributed by atoms with Gasteiger partial charge in [-0.2, -0.15) is 17.5 Å². The Kier molecular flexibility index (Phi) is 7.03. The normalized spacial score (nSPS) is 12.9. The second-order valence-corrected chi connectivity index (χ2v) is 12.3. The van der Waals surface area contributed by atoms with Crippen molar-refractivity contribution >= 4 is 68.2 Å². The molecule has 0 saturated carbocycles. The van der Waals surface area contributed by atoms with Gasteiger partial charge in [-0.1, -0.05) is 24.3 Å². The van der Waals surface area contributed by atoms with Crippen LogP contribution in [0.15, 0.2) is 81.5 Å². The van der Waals surface area contributed by atoms with Gasteiger partial charge in [-0.05, 0) is 48.5 Å². The third-order valence-corrected chi connectivity index (χ3v) is 9.71. The molecule has 0 atom stereocenters. The van der Waals surface area contributed by atoms with Crippen molar-refractivity contribution in [2.75, 3.05) is 0 Å². The van der Waals surface area contributed by atoms with Gasteiger partial charge in [0.15, 0.2) is 0 Å². The van der Waals surface area contributed by atoms with Crippen LogP contribution in [0.3, 0.4) is 0 Å². The van der Waals surface area contributed by atoms with E-state index in [1.54, 1.807) is 48.5 Å². The second kappa shape index (κ2) is 10.8. The molecule has 0 amide bonds. The highest BCUT2D eigenvalue weighted by Crippen LogP contribution is 2.55. The van der Waals surface area contributed by atoms with Crippen molar-refractivity contribution in [1.29, 1.82) is 0 Å². The third-order valence-electron chi connectivity index (χ3n) is 6.39. The smallest absolute Gasteiger partial charge is 0.405 e. The number of fused-ring (bicyclic) bond motifs is 2. The quantitative estimate of drug-likeness (QED) is 0.164. The highest BCUT2D eigenvalue weighted by molar-refractivity contribution is 7.58. The molecule has 16 heteroatoms. The molecule has 1 aliphatic heterocycles. The molecule has 3 aromatic carbocycles. The third kappa shape index (κ3) is 5.38. The van der Waals surface area contributed by atoms with Gasteiger partial charge in [0, 0.05) is 41.8 Å². The van der Waals surface area contributed by atoms with E-state index in [9.17, 15) is 26.3 Å². The van der Waals surface area contributed by atoms with Gasteiger partial charge < -0.3 is 9.47 Å². The molecule has 6 aromatic rings.